The average Bonchev–Trinajstić information content (AvgIpc) is 3.19. The molecule has 166 valence electrons. The van der Waals surface area contributed by atoms with Crippen molar-refractivity contribution in [2.75, 3.05) is 19.6 Å². The van der Waals surface area contributed by atoms with Crippen molar-refractivity contribution in [1.29, 1.82) is 0 Å². The number of benzene rings is 2. The number of aromatic nitrogens is 1. The molecule has 3 heterocycles. The summed E-state index contributed by atoms with van der Waals surface area (Å²) in [5.74, 6) is 0.0894. The maximum atomic E-state index is 13.9. The molecule has 0 bridgehead atoms. The summed E-state index contributed by atoms with van der Waals surface area (Å²) in [6.07, 6.45) is 3.08. The Morgan fingerprint density at radius 2 is 1.81 bits per heavy atom. The van der Waals surface area contributed by atoms with E-state index in [-0.39, 0.29) is 24.3 Å². The van der Waals surface area contributed by atoms with Crippen LogP contribution in [0, 0.1) is 6.92 Å². The second-order valence-electron chi connectivity index (χ2n) is 9.43. The zero-order chi connectivity index (χ0) is 22.5. The number of para-hydroxylation sites is 1. The van der Waals surface area contributed by atoms with E-state index in [1.165, 1.54) is 11.1 Å². The molecule has 2 aromatic carbocycles. The van der Waals surface area contributed by atoms with E-state index in [9.17, 15) is 9.59 Å². The fourth-order valence-electron chi connectivity index (χ4n) is 5.51. The number of nitrogens with zero attached hydrogens (tertiary/aromatic N) is 2. The molecule has 1 saturated heterocycles. The van der Waals surface area contributed by atoms with Gasteiger partial charge in [0.15, 0.2) is 5.54 Å². The number of piperazine rings is 1. The number of H-pyrrole nitrogens is 1. The van der Waals surface area contributed by atoms with Gasteiger partial charge in [0.25, 0.3) is 5.91 Å². The van der Waals surface area contributed by atoms with Gasteiger partial charge in [0.1, 0.15) is 0 Å². The summed E-state index contributed by atoms with van der Waals surface area (Å²) in [6.45, 7) is 7.49. The zero-order valence-corrected chi connectivity index (χ0v) is 19.1. The first kappa shape index (κ1) is 20.8. The summed E-state index contributed by atoms with van der Waals surface area (Å²) in [4.78, 5) is 34.4. The Kier molecular flexibility index (Phi) is 5.07. The van der Waals surface area contributed by atoms with Crippen molar-refractivity contribution < 1.29 is 9.59 Å². The van der Waals surface area contributed by atoms with Crippen LogP contribution in [0.25, 0.3) is 10.9 Å². The minimum Gasteiger partial charge on any atom is -0.356 e. The van der Waals surface area contributed by atoms with Crippen LogP contribution in [0.5, 0.6) is 0 Å². The third-order valence-corrected chi connectivity index (χ3v) is 7.33. The standard InChI is InChI=1S/C27H31N3O2/c1-4-5-8-15-29-17-23(31)30-16-21(19-13-11-18(2)12-14-19)24-20-9-6-7-10-22(20)28-25(24)27(30,3)26(29)32/h6-7,9-14,21,28H,4-5,8,15-17H2,1-3H3/t21-,27+/m0/s1. The fourth-order valence-corrected chi connectivity index (χ4v) is 5.51. The van der Waals surface area contributed by atoms with Crippen molar-refractivity contribution in [2.24, 2.45) is 0 Å². The van der Waals surface area contributed by atoms with Gasteiger partial charge in [-0.25, -0.2) is 0 Å². The first-order valence-electron chi connectivity index (χ1n) is 11.7. The highest BCUT2D eigenvalue weighted by molar-refractivity contribution is 6.01. The lowest BCUT2D eigenvalue weighted by molar-refractivity contribution is -0.166. The van der Waals surface area contributed by atoms with E-state index in [2.05, 4.69) is 55.2 Å². The molecule has 1 aromatic heterocycles. The molecule has 0 aliphatic carbocycles. The molecule has 2 atom stereocenters. The molecule has 0 unspecified atom stereocenters. The predicted octanol–water partition coefficient (Wildman–Crippen LogP) is 4.70. The number of carbonyl (C=O) groups is 2. The molecular weight excluding hydrogens is 398 g/mol. The summed E-state index contributed by atoms with van der Waals surface area (Å²) < 4.78 is 0. The van der Waals surface area contributed by atoms with Crippen molar-refractivity contribution in [1.82, 2.24) is 14.8 Å². The van der Waals surface area contributed by atoms with E-state index >= 15 is 0 Å². The summed E-state index contributed by atoms with van der Waals surface area (Å²) >= 11 is 0. The molecule has 2 amide bonds. The Morgan fingerprint density at radius 3 is 2.56 bits per heavy atom. The molecule has 1 N–H and O–H groups in total. The third-order valence-electron chi connectivity index (χ3n) is 7.33. The SMILES string of the molecule is CCCCCN1CC(=O)N2C[C@@H](c3ccc(C)cc3)c3c([nH]c4ccccc34)[C@]2(C)C1=O. The van der Waals surface area contributed by atoms with Crippen LogP contribution in [0.15, 0.2) is 48.5 Å². The Labute approximate surface area is 189 Å². The molecule has 5 nitrogen and oxygen atoms in total. The smallest absolute Gasteiger partial charge is 0.254 e. The number of unbranched alkanes of at least 4 members (excludes halogenated alkanes) is 2. The van der Waals surface area contributed by atoms with Crippen LogP contribution in [0.1, 0.15) is 61.4 Å². The van der Waals surface area contributed by atoms with Crippen molar-refractivity contribution in [2.45, 2.75) is 51.5 Å². The minimum atomic E-state index is -1.00. The minimum absolute atomic E-state index is 0.0261. The van der Waals surface area contributed by atoms with E-state index in [0.29, 0.717) is 13.1 Å². The molecule has 5 heteroatoms. The Morgan fingerprint density at radius 1 is 1.06 bits per heavy atom. The van der Waals surface area contributed by atoms with Gasteiger partial charge < -0.3 is 14.8 Å². The number of aromatic amines is 1. The molecule has 32 heavy (non-hydrogen) atoms. The second-order valence-corrected chi connectivity index (χ2v) is 9.43. The molecule has 3 aromatic rings. The Bertz CT molecular complexity index is 1180. The summed E-state index contributed by atoms with van der Waals surface area (Å²) in [7, 11) is 0. The number of aryl methyl sites for hydroxylation is 1. The lowest BCUT2D eigenvalue weighted by atomic mass is 9.76. The van der Waals surface area contributed by atoms with Crippen LogP contribution in [-0.2, 0) is 15.1 Å². The summed E-state index contributed by atoms with van der Waals surface area (Å²) in [6, 6.07) is 16.8. The van der Waals surface area contributed by atoms with Crippen molar-refractivity contribution in [3.63, 3.8) is 0 Å². The number of amides is 2. The van der Waals surface area contributed by atoms with Gasteiger partial charge in [0.05, 0.1) is 12.2 Å². The van der Waals surface area contributed by atoms with E-state index in [1.807, 2.05) is 24.0 Å². The van der Waals surface area contributed by atoms with Crippen LogP contribution in [0.3, 0.4) is 0 Å². The van der Waals surface area contributed by atoms with Crippen molar-refractivity contribution in [3.8, 4) is 0 Å². The van der Waals surface area contributed by atoms with Gasteiger partial charge in [-0.2, -0.15) is 0 Å². The first-order chi connectivity index (χ1) is 15.4. The van der Waals surface area contributed by atoms with Crippen molar-refractivity contribution in [3.05, 3.63) is 70.9 Å². The van der Waals surface area contributed by atoms with Crippen LogP contribution in [0.4, 0.5) is 0 Å². The average molecular weight is 430 g/mol. The number of nitrogens with one attached hydrogen (secondary N) is 1. The maximum absolute atomic E-state index is 13.9. The zero-order valence-electron chi connectivity index (χ0n) is 19.1. The number of fused-ring (bicyclic) bond motifs is 5. The van der Waals surface area contributed by atoms with Gasteiger partial charge in [0, 0.05) is 29.9 Å². The molecular formula is C27H31N3O2. The van der Waals surface area contributed by atoms with Gasteiger partial charge in [0.2, 0.25) is 5.91 Å². The van der Waals surface area contributed by atoms with Gasteiger partial charge >= 0.3 is 0 Å². The first-order valence-corrected chi connectivity index (χ1v) is 11.7. The van der Waals surface area contributed by atoms with Gasteiger partial charge in [-0.3, -0.25) is 9.59 Å². The molecule has 1 fully saturated rings. The van der Waals surface area contributed by atoms with Crippen LogP contribution < -0.4 is 0 Å². The van der Waals surface area contributed by atoms with Crippen LogP contribution in [-0.4, -0.2) is 46.2 Å². The third kappa shape index (κ3) is 3.06. The van der Waals surface area contributed by atoms with Crippen LogP contribution >= 0.6 is 0 Å². The van der Waals surface area contributed by atoms with E-state index in [0.717, 1.165) is 41.4 Å². The van der Waals surface area contributed by atoms with Crippen molar-refractivity contribution >= 4 is 22.7 Å². The maximum Gasteiger partial charge on any atom is 0.254 e. The number of hydrogen-bond donors (Lipinski definition) is 1. The highest BCUT2D eigenvalue weighted by Gasteiger charge is 2.56. The molecule has 2 aliphatic rings. The van der Waals surface area contributed by atoms with E-state index < -0.39 is 5.54 Å². The second kappa shape index (κ2) is 7.80. The van der Waals surface area contributed by atoms with Crippen LogP contribution in [0.2, 0.25) is 0 Å². The van der Waals surface area contributed by atoms with Gasteiger partial charge in [-0.1, -0.05) is 67.8 Å². The highest BCUT2D eigenvalue weighted by Crippen LogP contribution is 2.48. The number of hydrogen-bond acceptors (Lipinski definition) is 2. The Hall–Kier alpha value is -3.08. The highest BCUT2D eigenvalue weighted by atomic mass is 16.2. The molecule has 2 aliphatic heterocycles. The van der Waals surface area contributed by atoms with Gasteiger partial charge in [-0.15, -0.1) is 0 Å². The molecule has 0 spiro atoms. The monoisotopic (exact) mass is 429 g/mol. The predicted molar refractivity (Wildman–Crippen MR) is 126 cm³/mol. The summed E-state index contributed by atoms with van der Waals surface area (Å²) in [5.41, 5.74) is 4.42. The largest absolute Gasteiger partial charge is 0.356 e. The quantitative estimate of drug-likeness (QED) is 0.598. The topological polar surface area (TPSA) is 56.4 Å². The lowest BCUT2D eigenvalue weighted by Gasteiger charge is -2.51. The normalized spacial score (nSPS) is 22.9. The van der Waals surface area contributed by atoms with E-state index in [4.69, 9.17) is 0 Å². The fraction of sp³-hybridized carbons (Fsp3) is 0.407. The molecule has 0 radical (unpaired) electrons. The van der Waals surface area contributed by atoms with Gasteiger partial charge in [-0.05, 0) is 37.5 Å². The number of rotatable bonds is 5. The lowest BCUT2D eigenvalue weighted by Crippen LogP contribution is -2.67. The molecule has 0 saturated carbocycles. The van der Waals surface area contributed by atoms with E-state index in [1.54, 1.807) is 4.90 Å². The summed E-state index contributed by atoms with van der Waals surface area (Å²) in [5, 5.41) is 1.14. The Balaban J connectivity index is 1.67. The number of carbonyl (C=O) groups excluding carboxylic acids is 2. The molecule has 5 rings (SSSR count).